The molecule has 1 aromatic heterocycles. The lowest BCUT2D eigenvalue weighted by Gasteiger charge is -2.30. The van der Waals surface area contributed by atoms with Crippen LogP contribution < -0.4 is 4.74 Å². The lowest BCUT2D eigenvalue weighted by Crippen LogP contribution is -2.42. The second kappa shape index (κ2) is 9.46. The summed E-state index contributed by atoms with van der Waals surface area (Å²) in [5.41, 5.74) is 0.585. The number of hydrogen-bond acceptors (Lipinski definition) is 7. The predicted molar refractivity (Wildman–Crippen MR) is 113 cm³/mol. The molecule has 9 heteroatoms. The van der Waals surface area contributed by atoms with Crippen molar-refractivity contribution < 1.29 is 28.6 Å². The first kappa shape index (κ1) is 21.9. The topological polar surface area (TPSA) is 92.2 Å². The van der Waals surface area contributed by atoms with Gasteiger partial charge in [0.15, 0.2) is 11.6 Å². The molecule has 0 unspecified atom stereocenters. The minimum absolute atomic E-state index is 0.0105. The Morgan fingerprint density at radius 1 is 1.25 bits per heavy atom. The maximum atomic E-state index is 14.2. The first-order valence-electron chi connectivity index (χ1n) is 10.3. The van der Waals surface area contributed by atoms with E-state index in [0.717, 1.165) is 19.2 Å². The van der Waals surface area contributed by atoms with E-state index in [1.807, 2.05) is 0 Å². The van der Waals surface area contributed by atoms with E-state index in [4.69, 9.17) is 9.47 Å². The van der Waals surface area contributed by atoms with E-state index in [9.17, 15) is 19.1 Å². The van der Waals surface area contributed by atoms with Gasteiger partial charge < -0.3 is 19.5 Å². The van der Waals surface area contributed by atoms with Crippen LogP contribution in [0.1, 0.15) is 17.2 Å². The number of hydrogen-bond donors (Lipinski definition) is 1. The SMILES string of the molecule is COc1ccc(C(O)=C2C(=O)C(=O)N(CCN3CCOCC3)[C@@H]2c2cccnc2)cc1F. The van der Waals surface area contributed by atoms with Crippen molar-refractivity contribution in [2.45, 2.75) is 6.04 Å². The van der Waals surface area contributed by atoms with E-state index in [2.05, 4.69) is 9.88 Å². The van der Waals surface area contributed by atoms with E-state index >= 15 is 0 Å². The number of likely N-dealkylation sites (tertiary alicyclic amines) is 1. The van der Waals surface area contributed by atoms with Crippen molar-refractivity contribution in [1.29, 1.82) is 0 Å². The van der Waals surface area contributed by atoms with Crippen LogP contribution in [0.5, 0.6) is 5.75 Å². The van der Waals surface area contributed by atoms with Crippen molar-refractivity contribution in [3.05, 3.63) is 65.2 Å². The molecule has 0 bridgehead atoms. The Hall–Kier alpha value is -3.30. The Labute approximate surface area is 184 Å². The number of benzene rings is 1. The number of carbonyl (C=O) groups excluding carboxylic acids is 2. The highest BCUT2D eigenvalue weighted by Crippen LogP contribution is 2.39. The Bertz CT molecular complexity index is 1040. The van der Waals surface area contributed by atoms with E-state index in [1.54, 1.807) is 24.5 Å². The van der Waals surface area contributed by atoms with Crippen LogP contribution in [0.3, 0.4) is 0 Å². The van der Waals surface area contributed by atoms with Gasteiger partial charge in [0, 0.05) is 44.1 Å². The number of ether oxygens (including phenoxy) is 2. The first-order valence-corrected chi connectivity index (χ1v) is 10.3. The summed E-state index contributed by atoms with van der Waals surface area (Å²) >= 11 is 0. The van der Waals surface area contributed by atoms with Gasteiger partial charge in [-0.1, -0.05) is 6.07 Å². The summed E-state index contributed by atoms with van der Waals surface area (Å²) in [5.74, 6) is -2.63. The summed E-state index contributed by atoms with van der Waals surface area (Å²) in [4.78, 5) is 33.7. The smallest absolute Gasteiger partial charge is 0.295 e. The molecule has 168 valence electrons. The fraction of sp³-hybridized carbons (Fsp3) is 0.348. The Morgan fingerprint density at radius 3 is 2.69 bits per heavy atom. The molecule has 1 atom stereocenters. The molecule has 2 fully saturated rings. The van der Waals surface area contributed by atoms with Gasteiger partial charge in [0.25, 0.3) is 11.7 Å². The van der Waals surface area contributed by atoms with Crippen LogP contribution in [0.25, 0.3) is 5.76 Å². The van der Waals surface area contributed by atoms with Gasteiger partial charge in [0.2, 0.25) is 0 Å². The van der Waals surface area contributed by atoms with Gasteiger partial charge in [-0.3, -0.25) is 19.5 Å². The molecule has 1 N–H and O–H groups in total. The molecule has 4 rings (SSSR count). The number of halogens is 1. The summed E-state index contributed by atoms with van der Waals surface area (Å²) in [7, 11) is 1.33. The normalized spacial score (nSPS) is 21.2. The standard InChI is InChI=1S/C23H24FN3O5/c1-31-18-5-4-15(13-17(18)24)21(28)19-20(16-3-2-6-25-14-16)27(23(30)22(19)29)8-7-26-9-11-32-12-10-26/h2-6,13-14,20,28H,7-12H2,1H3/t20-/m1/s1. The molecular formula is C23H24FN3O5. The van der Waals surface area contributed by atoms with Crippen molar-refractivity contribution in [2.75, 3.05) is 46.5 Å². The minimum atomic E-state index is -0.824. The summed E-state index contributed by atoms with van der Waals surface area (Å²) < 4.78 is 24.5. The average Bonchev–Trinajstić information content (AvgIpc) is 3.08. The van der Waals surface area contributed by atoms with Crippen molar-refractivity contribution >= 4 is 17.4 Å². The highest BCUT2D eigenvalue weighted by atomic mass is 19.1. The van der Waals surface area contributed by atoms with Gasteiger partial charge in [0.05, 0.1) is 31.9 Å². The summed E-state index contributed by atoms with van der Waals surface area (Å²) in [6.45, 7) is 3.57. The molecule has 3 heterocycles. The fourth-order valence-corrected chi connectivity index (χ4v) is 4.04. The monoisotopic (exact) mass is 441 g/mol. The first-order chi connectivity index (χ1) is 15.5. The number of rotatable bonds is 6. The maximum Gasteiger partial charge on any atom is 0.295 e. The highest BCUT2D eigenvalue weighted by Gasteiger charge is 2.46. The van der Waals surface area contributed by atoms with Gasteiger partial charge in [-0.15, -0.1) is 0 Å². The van der Waals surface area contributed by atoms with Crippen LogP contribution in [-0.2, 0) is 14.3 Å². The molecule has 2 aromatic rings. The van der Waals surface area contributed by atoms with Crippen LogP contribution in [-0.4, -0.2) is 78.1 Å². The average molecular weight is 441 g/mol. The minimum Gasteiger partial charge on any atom is -0.507 e. The van der Waals surface area contributed by atoms with E-state index in [1.165, 1.54) is 24.1 Å². The van der Waals surface area contributed by atoms with Crippen LogP contribution in [0.2, 0.25) is 0 Å². The summed E-state index contributed by atoms with van der Waals surface area (Å²) in [6.07, 6.45) is 3.14. The molecule has 0 spiro atoms. The quantitative estimate of drug-likeness (QED) is 0.416. The van der Waals surface area contributed by atoms with E-state index in [-0.39, 0.29) is 23.4 Å². The van der Waals surface area contributed by atoms with E-state index in [0.29, 0.717) is 25.3 Å². The summed E-state index contributed by atoms with van der Waals surface area (Å²) in [6, 6.07) is 6.50. The predicted octanol–water partition coefficient (Wildman–Crippen LogP) is 1.98. The molecule has 8 nitrogen and oxygen atoms in total. The lowest BCUT2D eigenvalue weighted by molar-refractivity contribution is -0.140. The number of Topliss-reactive ketones (excluding diaryl/α,β-unsaturated/α-hetero) is 1. The number of ketones is 1. The molecule has 2 aliphatic rings. The van der Waals surface area contributed by atoms with Crippen LogP contribution in [0, 0.1) is 5.82 Å². The number of pyridine rings is 1. The zero-order chi connectivity index (χ0) is 22.7. The number of aromatic nitrogens is 1. The second-order valence-corrected chi connectivity index (χ2v) is 7.58. The number of morpholine rings is 1. The van der Waals surface area contributed by atoms with Crippen molar-refractivity contribution in [2.24, 2.45) is 0 Å². The Morgan fingerprint density at radius 2 is 2.03 bits per heavy atom. The molecule has 0 radical (unpaired) electrons. The lowest BCUT2D eigenvalue weighted by atomic mass is 9.96. The highest BCUT2D eigenvalue weighted by molar-refractivity contribution is 6.46. The maximum absolute atomic E-state index is 14.2. The van der Waals surface area contributed by atoms with E-state index < -0.39 is 29.3 Å². The van der Waals surface area contributed by atoms with Crippen molar-refractivity contribution in [1.82, 2.24) is 14.8 Å². The van der Waals surface area contributed by atoms with Crippen LogP contribution in [0.4, 0.5) is 4.39 Å². The molecule has 0 saturated carbocycles. The largest absolute Gasteiger partial charge is 0.507 e. The Balaban J connectivity index is 1.72. The molecule has 1 amide bonds. The van der Waals surface area contributed by atoms with Crippen LogP contribution >= 0.6 is 0 Å². The third kappa shape index (κ3) is 4.21. The van der Waals surface area contributed by atoms with Gasteiger partial charge in [-0.25, -0.2) is 4.39 Å². The summed E-state index contributed by atoms with van der Waals surface area (Å²) in [5, 5.41) is 11.0. The second-order valence-electron chi connectivity index (χ2n) is 7.58. The third-order valence-electron chi connectivity index (χ3n) is 5.73. The van der Waals surface area contributed by atoms with Gasteiger partial charge >= 0.3 is 0 Å². The molecule has 0 aliphatic carbocycles. The Kier molecular flexibility index (Phi) is 6.48. The number of methoxy groups -OCH3 is 1. The number of nitrogens with zero attached hydrogens (tertiary/aromatic N) is 3. The number of aliphatic hydroxyl groups excluding tert-OH is 1. The van der Waals surface area contributed by atoms with Crippen molar-refractivity contribution in [3.8, 4) is 5.75 Å². The number of amides is 1. The molecule has 1 aromatic carbocycles. The molecule has 2 aliphatic heterocycles. The molecule has 32 heavy (non-hydrogen) atoms. The number of aliphatic hydroxyl groups is 1. The molecule has 2 saturated heterocycles. The zero-order valence-corrected chi connectivity index (χ0v) is 17.7. The van der Waals surface area contributed by atoms with Gasteiger partial charge in [0.1, 0.15) is 5.76 Å². The zero-order valence-electron chi connectivity index (χ0n) is 17.7. The van der Waals surface area contributed by atoms with Crippen molar-refractivity contribution in [3.63, 3.8) is 0 Å². The van der Waals surface area contributed by atoms with Gasteiger partial charge in [-0.05, 0) is 29.8 Å². The molecular weight excluding hydrogens is 417 g/mol. The van der Waals surface area contributed by atoms with Crippen LogP contribution in [0.15, 0.2) is 48.3 Å². The number of carbonyl (C=O) groups is 2. The third-order valence-corrected chi connectivity index (χ3v) is 5.73. The van der Waals surface area contributed by atoms with Gasteiger partial charge in [-0.2, -0.15) is 0 Å². The fourth-order valence-electron chi connectivity index (χ4n) is 4.04.